The molecule has 0 aliphatic heterocycles. The average molecular weight is 354 g/mol. The van der Waals surface area contributed by atoms with Crippen molar-refractivity contribution in [2.75, 3.05) is 18.5 Å². The van der Waals surface area contributed by atoms with E-state index in [1.807, 2.05) is 13.8 Å². The maximum absolute atomic E-state index is 12.4. The largest absolute Gasteiger partial charge is 0.494 e. The predicted octanol–water partition coefficient (Wildman–Crippen LogP) is 5.04. The third-order valence-corrected chi connectivity index (χ3v) is 3.37. The Labute approximate surface area is 145 Å². The molecule has 6 heteroatoms. The van der Waals surface area contributed by atoms with Gasteiger partial charge in [0.25, 0.3) is 5.91 Å². The van der Waals surface area contributed by atoms with E-state index in [0.717, 1.165) is 0 Å². The van der Waals surface area contributed by atoms with E-state index in [-0.39, 0.29) is 5.91 Å². The Morgan fingerprint density at radius 3 is 2.26 bits per heavy atom. The Bertz CT molecular complexity index is 684. The molecule has 122 valence electrons. The fourth-order valence-electron chi connectivity index (χ4n) is 2.02. The van der Waals surface area contributed by atoms with Crippen LogP contribution in [0, 0.1) is 0 Å². The molecule has 2 aromatic rings. The molecular weight excluding hydrogens is 337 g/mol. The van der Waals surface area contributed by atoms with Crippen molar-refractivity contribution in [3.8, 4) is 11.5 Å². The van der Waals surface area contributed by atoms with Crippen LogP contribution in [0.1, 0.15) is 24.2 Å². The molecule has 0 radical (unpaired) electrons. The number of benzene rings is 2. The second-order valence-corrected chi connectivity index (χ2v) is 5.51. The van der Waals surface area contributed by atoms with Crippen molar-refractivity contribution in [3.63, 3.8) is 0 Å². The van der Waals surface area contributed by atoms with Crippen LogP contribution in [0.2, 0.25) is 10.0 Å². The molecular formula is C17H17Cl2NO3. The third-order valence-electron chi connectivity index (χ3n) is 2.93. The molecule has 4 nitrogen and oxygen atoms in total. The Hall–Kier alpha value is -1.91. The van der Waals surface area contributed by atoms with Crippen LogP contribution >= 0.6 is 23.2 Å². The summed E-state index contributed by atoms with van der Waals surface area (Å²) in [6.45, 7) is 4.78. The fourth-order valence-corrected chi connectivity index (χ4v) is 2.55. The number of amides is 1. The summed E-state index contributed by atoms with van der Waals surface area (Å²) in [5.74, 6) is 0.886. The van der Waals surface area contributed by atoms with Crippen LogP contribution in [0.4, 0.5) is 5.69 Å². The molecule has 0 fully saturated rings. The van der Waals surface area contributed by atoms with E-state index in [4.69, 9.17) is 32.7 Å². The van der Waals surface area contributed by atoms with Gasteiger partial charge in [-0.3, -0.25) is 4.79 Å². The van der Waals surface area contributed by atoms with Crippen molar-refractivity contribution in [2.45, 2.75) is 13.8 Å². The molecule has 0 spiro atoms. The van der Waals surface area contributed by atoms with Crippen molar-refractivity contribution in [3.05, 3.63) is 52.0 Å². The number of rotatable bonds is 6. The van der Waals surface area contributed by atoms with Crippen LogP contribution in [0.3, 0.4) is 0 Å². The molecule has 1 amide bonds. The molecule has 0 unspecified atom stereocenters. The van der Waals surface area contributed by atoms with Crippen LogP contribution in [0.25, 0.3) is 0 Å². The van der Waals surface area contributed by atoms with Crippen molar-refractivity contribution < 1.29 is 14.3 Å². The van der Waals surface area contributed by atoms with E-state index in [1.54, 1.807) is 36.4 Å². The second kappa shape index (κ2) is 8.09. The van der Waals surface area contributed by atoms with E-state index >= 15 is 0 Å². The molecule has 1 N–H and O–H groups in total. The van der Waals surface area contributed by atoms with Gasteiger partial charge in [0.15, 0.2) is 0 Å². The lowest BCUT2D eigenvalue weighted by Crippen LogP contribution is -2.13. The van der Waals surface area contributed by atoms with Gasteiger partial charge in [0.1, 0.15) is 11.5 Å². The SMILES string of the molecule is CCOc1ccc(OCC)c(NC(=O)c2cc(Cl)cc(Cl)c2)c1. The summed E-state index contributed by atoms with van der Waals surface area (Å²) in [5.41, 5.74) is 0.894. The predicted molar refractivity (Wildman–Crippen MR) is 93.2 cm³/mol. The quantitative estimate of drug-likeness (QED) is 0.790. The normalized spacial score (nSPS) is 10.3. The molecule has 0 aliphatic rings. The van der Waals surface area contributed by atoms with Crippen molar-refractivity contribution in [1.29, 1.82) is 0 Å². The Morgan fingerprint density at radius 2 is 1.65 bits per heavy atom. The number of hydrogen-bond donors (Lipinski definition) is 1. The van der Waals surface area contributed by atoms with Crippen LogP contribution in [-0.2, 0) is 0 Å². The first-order valence-corrected chi connectivity index (χ1v) is 7.96. The van der Waals surface area contributed by atoms with Crippen LogP contribution < -0.4 is 14.8 Å². The second-order valence-electron chi connectivity index (χ2n) is 4.64. The van der Waals surface area contributed by atoms with Gasteiger partial charge in [0.2, 0.25) is 0 Å². The first kappa shape index (κ1) is 17.4. The van der Waals surface area contributed by atoms with Gasteiger partial charge in [-0.1, -0.05) is 23.2 Å². The molecule has 0 heterocycles. The number of hydrogen-bond acceptors (Lipinski definition) is 3. The zero-order valence-electron chi connectivity index (χ0n) is 12.9. The highest BCUT2D eigenvalue weighted by molar-refractivity contribution is 6.35. The number of nitrogens with one attached hydrogen (secondary N) is 1. The molecule has 0 bridgehead atoms. The molecule has 0 atom stereocenters. The molecule has 2 aromatic carbocycles. The minimum atomic E-state index is -0.330. The highest BCUT2D eigenvalue weighted by atomic mass is 35.5. The highest BCUT2D eigenvalue weighted by Crippen LogP contribution is 2.30. The highest BCUT2D eigenvalue weighted by Gasteiger charge is 2.13. The molecule has 2 rings (SSSR count). The summed E-state index contributed by atoms with van der Waals surface area (Å²) in [6, 6.07) is 9.94. The van der Waals surface area contributed by atoms with Crippen LogP contribution in [0.15, 0.2) is 36.4 Å². The first-order valence-electron chi connectivity index (χ1n) is 7.20. The lowest BCUT2D eigenvalue weighted by atomic mass is 10.2. The molecule has 0 saturated heterocycles. The summed E-state index contributed by atoms with van der Waals surface area (Å²) in [7, 11) is 0. The maximum Gasteiger partial charge on any atom is 0.255 e. The smallest absolute Gasteiger partial charge is 0.255 e. The summed E-state index contributed by atoms with van der Waals surface area (Å²) < 4.78 is 11.0. The molecule has 0 aromatic heterocycles. The van der Waals surface area contributed by atoms with Crippen molar-refractivity contribution in [2.24, 2.45) is 0 Å². The van der Waals surface area contributed by atoms with Gasteiger partial charge in [-0.25, -0.2) is 0 Å². The Kier molecular flexibility index (Phi) is 6.13. The number of carbonyl (C=O) groups excluding carboxylic acids is 1. The van der Waals surface area contributed by atoms with Gasteiger partial charge in [-0.15, -0.1) is 0 Å². The first-order chi connectivity index (χ1) is 11.0. The monoisotopic (exact) mass is 353 g/mol. The van der Waals surface area contributed by atoms with Gasteiger partial charge < -0.3 is 14.8 Å². The van der Waals surface area contributed by atoms with Gasteiger partial charge in [-0.2, -0.15) is 0 Å². The van der Waals surface area contributed by atoms with E-state index in [9.17, 15) is 4.79 Å². The lowest BCUT2D eigenvalue weighted by Gasteiger charge is -2.13. The van der Waals surface area contributed by atoms with Crippen LogP contribution in [0.5, 0.6) is 11.5 Å². The molecule has 0 aliphatic carbocycles. The van der Waals surface area contributed by atoms with Crippen molar-refractivity contribution in [1.82, 2.24) is 0 Å². The third kappa shape index (κ3) is 4.78. The van der Waals surface area contributed by atoms with Gasteiger partial charge in [0.05, 0.1) is 18.9 Å². The van der Waals surface area contributed by atoms with Gasteiger partial charge in [-0.05, 0) is 44.2 Å². The maximum atomic E-state index is 12.4. The molecule has 23 heavy (non-hydrogen) atoms. The summed E-state index contributed by atoms with van der Waals surface area (Å²) in [6.07, 6.45) is 0. The van der Waals surface area contributed by atoms with E-state index < -0.39 is 0 Å². The Morgan fingerprint density at radius 1 is 1.00 bits per heavy atom. The van der Waals surface area contributed by atoms with E-state index in [2.05, 4.69) is 5.32 Å². The van der Waals surface area contributed by atoms with E-state index in [0.29, 0.717) is 46.0 Å². The Balaban J connectivity index is 2.29. The minimum Gasteiger partial charge on any atom is -0.494 e. The van der Waals surface area contributed by atoms with E-state index in [1.165, 1.54) is 0 Å². The standard InChI is InChI=1S/C17H17Cl2NO3/c1-3-22-14-5-6-16(23-4-2)15(10-14)20-17(21)11-7-12(18)9-13(19)8-11/h5-10H,3-4H2,1-2H3,(H,20,21). The average Bonchev–Trinajstić information content (AvgIpc) is 2.49. The topological polar surface area (TPSA) is 47.6 Å². The van der Waals surface area contributed by atoms with Crippen molar-refractivity contribution >= 4 is 34.8 Å². The summed E-state index contributed by atoms with van der Waals surface area (Å²) >= 11 is 11.9. The van der Waals surface area contributed by atoms with Gasteiger partial charge >= 0.3 is 0 Å². The lowest BCUT2D eigenvalue weighted by molar-refractivity contribution is 0.102. The zero-order valence-corrected chi connectivity index (χ0v) is 14.4. The molecule has 0 saturated carbocycles. The minimum absolute atomic E-state index is 0.330. The van der Waals surface area contributed by atoms with Gasteiger partial charge in [0, 0.05) is 21.7 Å². The number of halogens is 2. The summed E-state index contributed by atoms with van der Waals surface area (Å²) in [4.78, 5) is 12.4. The van der Waals surface area contributed by atoms with Crippen LogP contribution in [-0.4, -0.2) is 19.1 Å². The fraction of sp³-hybridized carbons (Fsp3) is 0.235. The number of anilines is 1. The zero-order chi connectivity index (χ0) is 16.8. The number of ether oxygens (including phenoxy) is 2. The number of carbonyl (C=O) groups is 1. The summed E-state index contributed by atoms with van der Waals surface area (Å²) in [5, 5.41) is 3.60.